The molecule has 0 aliphatic rings. The fraction of sp³-hybridized carbons (Fsp3) is 0.188. The average Bonchev–Trinajstić information content (AvgIpc) is 3.21. The van der Waals surface area contributed by atoms with Crippen molar-refractivity contribution in [3.8, 4) is 0 Å². The number of rotatable bonds is 15. The molecule has 0 radical (unpaired) electrons. The zero-order chi connectivity index (χ0) is 39.7. The van der Waals surface area contributed by atoms with Crippen LogP contribution in [0.15, 0.2) is 164 Å². The quantitative estimate of drug-likeness (QED) is 0.0947. The summed E-state index contributed by atoms with van der Waals surface area (Å²) in [7, 11) is 0. The molecule has 0 atom stereocenters. The van der Waals surface area contributed by atoms with Crippen LogP contribution >= 0.6 is 0 Å². The van der Waals surface area contributed by atoms with Crippen LogP contribution in [0.4, 0.5) is 69.0 Å². The predicted molar refractivity (Wildman–Crippen MR) is 240 cm³/mol. The zero-order valence-corrected chi connectivity index (χ0v) is 33.5. The first-order chi connectivity index (χ1) is 27.7. The van der Waals surface area contributed by atoms with E-state index in [-0.39, 0.29) is 18.1 Å². The van der Waals surface area contributed by atoms with Crippen molar-refractivity contribution in [1.82, 2.24) is 15.0 Å². The average molecular weight is 754 g/mol. The summed E-state index contributed by atoms with van der Waals surface area (Å²) in [6, 6.07) is 55.9. The van der Waals surface area contributed by atoms with E-state index in [1.54, 1.807) is 0 Å². The summed E-state index contributed by atoms with van der Waals surface area (Å²) in [4.78, 5) is 22.3. The van der Waals surface area contributed by atoms with Crippen LogP contribution < -0.4 is 30.7 Å². The van der Waals surface area contributed by atoms with Crippen molar-refractivity contribution >= 4 is 69.0 Å². The van der Waals surface area contributed by atoms with E-state index in [9.17, 15) is 0 Å². The second-order valence-corrected chi connectivity index (χ2v) is 14.7. The topological polar surface area (TPSA) is 84.5 Å². The molecular formula is C48H51N9. The van der Waals surface area contributed by atoms with Crippen LogP contribution in [-0.2, 0) is 0 Å². The van der Waals surface area contributed by atoms with E-state index < -0.39 is 0 Å². The highest BCUT2D eigenvalue weighted by Crippen LogP contribution is 2.36. The minimum absolute atomic E-state index is 0.0349. The molecule has 0 aliphatic carbocycles. The lowest BCUT2D eigenvalue weighted by molar-refractivity contribution is 0.714. The molecule has 0 aliphatic heterocycles. The fourth-order valence-corrected chi connectivity index (χ4v) is 6.78. The maximum absolute atomic E-state index is 5.27. The van der Waals surface area contributed by atoms with E-state index in [0.29, 0.717) is 17.8 Å². The van der Waals surface area contributed by atoms with Gasteiger partial charge in [0.25, 0.3) is 0 Å². The molecule has 7 rings (SSSR count). The Hall–Kier alpha value is -6.87. The molecule has 0 bridgehead atoms. The summed E-state index contributed by atoms with van der Waals surface area (Å²) in [5.41, 5.74) is 9.04. The smallest absolute Gasteiger partial charge is 0.236 e. The lowest BCUT2D eigenvalue weighted by atomic mass is 10.2. The Morgan fingerprint density at radius 1 is 0.298 bits per heavy atom. The van der Waals surface area contributed by atoms with Gasteiger partial charge in [-0.15, -0.1) is 0 Å². The van der Waals surface area contributed by atoms with Gasteiger partial charge in [-0.1, -0.05) is 54.6 Å². The molecule has 0 amide bonds. The van der Waals surface area contributed by atoms with Crippen LogP contribution in [0.1, 0.15) is 41.5 Å². The van der Waals surface area contributed by atoms with Crippen molar-refractivity contribution in [2.24, 2.45) is 0 Å². The molecule has 0 spiro atoms. The highest BCUT2D eigenvalue weighted by atomic mass is 15.4. The minimum Gasteiger partial charge on any atom is -0.356 e. The van der Waals surface area contributed by atoms with Crippen LogP contribution in [0.5, 0.6) is 0 Å². The number of para-hydroxylation sites is 3. The summed E-state index contributed by atoms with van der Waals surface area (Å²) >= 11 is 0. The second kappa shape index (κ2) is 17.7. The Morgan fingerprint density at radius 3 is 0.719 bits per heavy atom. The lowest BCUT2D eigenvalue weighted by Gasteiger charge is -2.33. The number of hydrogen-bond donors (Lipinski definition) is 3. The summed E-state index contributed by atoms with van der Waals surface area (Å²) in [6.07, 6.45) is 0. The van der Waals surface area contributed by atoms with Gasteiger partial charge in [-0.25, -0.2) is 0 Å². The molecular weight excluding hydrogens is 703 g/mol. The van der Waals surface area contributed by atoms with Crippen LogP contribution in [-0.4, -0.2) is 33.1 Å². The molecule has 0 saturated carbocycles. The first kappa shape index (κ1) is 38.4. The maximum atomic E-state index is 5.27. The van der Waals surface area contributed by atoms with Crippen LogP contribution in [0, 0.1) is 0 Å². The Labute approximate surface area is 337 Å². The lowest BCUT2D eigenvalue weighted by Crippen LogP contribution is -2.34. The summed E-state index contributed by atoms with van der Waals surface area (Å²) < 4.78 is 0. The minimum atomic E-state index is 0.0349. The normalized spacial score (nSPS) is 11.1. The number of hydrogen-bond acceptors (Lipinski definition) is 9. The fourth-order valence-electron chi connectivity index (χ4n) is 6.78. The molecule has 57 heavy (non-hydrogen) atoms. The number of benzene rings is 6. The van der Waals surface area contributed by atoms with Crippen LogP contribution in [0.25, 0.3) is 0 Å². The van der Waals surface area contributed by atoms with Crippen molar-refractivity contribution in [3.63, 3.8) is 0 Å². The van der Waals surface area contributed by atoms with Gasteiger partial charge in [0.05, 0.1) is 0 Å². The van der Waals surface area contributed by atoms with Crippen molar-refractivity contribution in [2.75, 3.05) is 30.7 Å². The van der Waals surface area contributed by atoms with E-state index in [1.807, 2.05) is 54.6 Å². The third-order valence-electron chi connectivity index (χ3n) is 9.42. The van der Waals surface area contributed by atoms with Gasteiger partial charge >= 0.3 is 0 Å². The highest BCUT2D eigenvalue weighted by molar-refractivity contribution is 5.72. The van der Waals surface area contributed by atoms with E-state index in [2.05, 4.69) is 181 Å². The summed E-state index contributed by atoms with van der Waals surface area (Å²) in [6.45, 7) is 13.0. The number of nitrogens with zero attached hydrogens (tertiary/aromatic N) is 6. The maximum Gasteiger partial charge on any atom is 0.236 e. The van der Waals surface area contributed by atoms with Crippen molar-refractivity contribution in [1.29, 1.82) is 0 Å². The number of aromatic nitrogens is 3. The van der Waals surface area contributed by atoms with Gasteiger partial charge in [0.15, 0.2) is 0 Å². The Morgan fingerprint density at radius 2 is 0.509 bits per heavy atom. The van der Waals surface area contributed by atoms with Gasteiger partial charge in [0.2, 0.25) is 17.8 Å². The van der Waals surface area contributed by atoms with Gasteiger partial charge < -0.3 is 30.7 Å². The zero-order valence-electron chi connectivity index (χ0n) is 33.5. The summed E-state index contributed by atoms with van der Waals surface area (Å²) in [5.74, 6) is 1.69. The second-order valence-electron chi connectivity index (χ2n) is 14.7. The molecule has 9 nitrogen and oxygen atoms in total. The first-order valence-corrected chi connectivity index (χ1v) is 19.6. The van der Waals surface area contributed by atoms with Crippen LogP contribution in [0.2, 0.25) is 0 Å². The van der Waals surface area contributed by atoms with Gasteiger partial charge in [-0.3, -0.25) is 0 Å². The third-order valence-corrected chi connectivity index (χ3v) is 9.42. The van der Waals surface area contributed by atoms with Crippen molar-refractivity contribution < 1.29 is 0 Å². The molecule has 0 unspecified atom stereocenters. The SMILES string of the molecule is CC(C)N(c1ccc(Nc2ccccc2)cc1)c1nc(N(c2ccc(Nc3ccccc3)cc2)C(C)C)nc(N(c2ccc(Nc3ccccc3)cc2)C(C)C)n1. The van der Waals surface area contributed by atoms with Gasteiger partial charge in [0, 0.05) is 69.3 Å². The van der Waals surface area contributed by atoms with Crippen molar-refractivity contribution in [2.45, 2.75) is 59.7 Å². The largest absolute Gasteiger partial charge is 0.356 e. The molecule has 3 N–H and O–H groups in total. The van der Waals surface area contributed by atoms with E-state index in [1.165, 1.54) is 0 Å². The molecule has 6 aromatic carbocycles. The number of nitrogens with one attached hydrogen (secondary N) is 3. The molecule has 9 heteroatoms. The van der Waals surface area contributed by atoms with E-state index in [0.717, 1.165) is 51.2 Å². The Bertz CT molecular complexity index is 2020. The molecule has 7 aromatic rings. The van der Waals surface area contributed by atoms with Crippen LogP contribution in [0.3, 0.4) is 0 Å². The van der Waals surface area contributed by atoms with Gasteiger partial charge in [-0.2, -0.15) is 15.0 Å². The predicted octanol–water partition coefficient (Wildman–Crippen LogP) is 12.7. The Kier molecular flexibility index (Phi) is 11.9. The third kappa shape index (κ3) is 9.51. The van der Waals surface area contributed by atoms with E-state index in [4.69, 9.17) is 15.0 Å². The monoisotopic (exact) mass is 753 g/mol. The molecule has 1 aromatic heterocycles. The van der Waals surface area contributed by atoms with Gasteiger partial charge in [-0.05, 0) is 151 Å². The van der Waals surface area contributed by atoms with Crippen molar-refractivity contribution in [3.05, 3.63) is 164 Å². The Balaban J connectivity index is 1.29. The molecule has 1 heterocycles. The number of anilines is 12. The standard InChI is InChI=1S/C48H51N9/c1-34(2)55(43-28-22-40(23-29-43)49-37-16-10-7-11-17-37)46-52-47(56(35(3)4)44-30-24-41(25-31-44)50-38-18-12-8-13-19-38)54-48(53-46)57(36(5)6)45-32-26-42(27-33-45)51-39-20-14-9-15-21-39/h7-36,49-51H,1-6H3. The first-order valence-electron chi connectivity index (χ1n) is 19.6. The molecule has 288 valence electrons. The van der Waals surface area contributed by atoms with E-state index >= 15 is 0 Å². The summed E-state index contributed by atoms with van der Waals surface area (Å²) in [5, 5.41) is 10.5. The molecule has 0 fully saturated rings. The van der Waals surface area contributed by atoms with Gasteiger partial charge in [0.1, 0.15) is 0 Å². The molecule has 0 saturated heterocycles. The highest BCUT2D eigenvalue weighted by Gasteiger charge is 2.26.